The van der Waals surface area contributed by atoms with Crippen LogP contribution in [0.2, 0.25) is 0 Å². The highest BCUT2D eigenvalue weighted by Crippen LogP contribution is 2.13. The Balaban J connectivity index is 1.61. The molecule has 4 nitrogen and oxygen atoms in total. The van der Waals surface area contributed by atoms with Gasteiger partial charge in [-0.2, -0.15) is 4.57 Å². The maximum Gasteiger partial charge on any atom is 0.229 e. The lowest BCUT2D eigenvalue weighted by atomic mass is 10.1. The first-order chi connectivity index (χ1) is 11.8. The van der Waals surface area contributed by atoms with Crippen molar-refractivity contribution in [3.63, 3.8) is 0 Å². The van der Waals surface area contributed by atoms with E-state index in [0.717, 1.165) is 17.5 Å². The van der Waals surface area contributed by atoms with Crippen LogP contribution < -0.4 is 10.3 Å². The third kappa shape index (κ3) is 2.94. The van der Waals surface area contributed by atoms with Gasteiger partial charge < -0.3 is 5.73 Å². The molecule has 0 spiro atoms. The van der Waals surface area contributed by atoms with Crippen molar-refractivity contribution >= 4 is 16.9 Å². The van der Waals surface area contributed by atoms with Gasteiger partial charge in [0.2, 0.25) is 5.69 Å². The molecule has 0 unspecified atom stereocenters. The van der Waals surface area contributed by atoms with E-state index in [-0.39, 0.29) is 0 Å². The molecule has 1 aromatic carbocycles. The molecule has 24 heavy (non-hydrogen) atoms. The van der Waals surface area contributed by atoms with Crippen molar-refractivity contribution in [1.29, 1.82) is 0 Å². The fraction of sp³-hybridized carbons (Fsp3) is 0.0500. The van der Waals surface area contributed by atoms with Gasteiger partial charge in [0, 0.05) is 23.6 Å². The molecule has 2 N–H and O–H groups in total. The van der Waals surface area contributed by atoms with Gasteiger partial charge in [-0.1, -0.05) is 30.3 Å². The summed E-state index contributed by atoms with van der Waals surface area (Å²) in [6.07, 6.45) is 6.87. The molecule has 0 fully saturated rings. The number of pyridine rings is 3. The highest BCUT2D eigenvalue weighted by molar-refractivity contribution is 5.77. The molecule has 0 saturated carbocycles. The van der Waals surface area contributed by atoms with Gasteiger partial charge in [0.25, 0.3) is 0 Å². The highest BCUT2D eigenvalue weighted by Gasteiger charge is 2.09. The van der Waals surface area contributed by atoms with Crippen LogP contribution in [0.3, 0.4) is 0 Å². The SMILES string of the molecule is Nc1ccc2cc(-[n+]3ccc(Cc4ccccc4)cc3)cnc2n1. The maximum absolute atomic E-state index is 5.70. The molecule has 0 amide bonds. The van der Waals surface area contributed by atoms with E-state index in [4.69, 9.17) is 5.73 Å². The van der Waals surface area contributed by atoms with Gasteiger partial charge in [-0.3, -0.25) is 0 Å². The van der Waals surface area contributed by atoms with Crippen LogP contribution in [0.15, 0.2) is 79.3 Å². The molecule has 0 aliphatic heterocycles. The summed E-state index contributed by atoms with van der Waals surface area (Å²) in [5, 5.41) is 0.975. The molecule has 3 aromatic heterocycles. The molecule has 0 saturated heterocycles. The molecular weight excluding hydrogens is 296 g/mol. The van der Waals surface area contributed by atoms with E-state index in [9.17, 15) is 0 Å². The van der Waals surface area contributed by atoms with Crippen molar-refractivity contribution < 1.29 is 4.57 Å². The number of nitrogens with two attached hydrogens (primary N) is 1. The second-order valence-electron chi connectivity index (χ2n) is 5.75. The van der Waals surface area contributed by atoms with Crippen LogP contribution in [-0.4, -0.2) is 9.97 Å². The Morgan fingerprint density at radius 2 is 1.62 bits per heavy atom. The van der Waals surface area contributed by atoms with Crippen LogP contribution in [0, 0.1) is 0 Å². The van der Waals surface area contributed by atoms with Gasteiger partial charge >= 0.3 is 0 Å². The minimum Gasteiger partial charge on any atom is -0.384 e. The Hall–Kier alpha value is -3.27. The summed E-state index contributed by atoms with van der Waals surface area (Å²) in [4.78, 5) is 8.63. The predicted molar refractivity (Wildman–Crippen MR) is 94.7 cm³/mol. The Bertz CT molecular complexity index is 979. The van der Waals surface area contributed by atoms with Crippen LogP contribution in [0.1, 0.15) is 11.1 Å². The molecule has 0 bridgehead atoms. The number of benzene rings is 1. The molecule has 0 aliphatic carbocycles. The molecule has 4 aromatic rings. The van der Waals surface area contributed by atoms with E-state index in [1.54, 1.807) is 6.07 Å². The summed E-state index contributed by atoms with van der Waals surface area (Å²) in [6.45, 7) is 0. The van der Waals surface area contributed by atoms with Crippen molar-refractivity contribution in [3.8, 4) is 5.69 Å². The van der Waals surface area contributed by atoms with Gasteiger partial charge in [0.1, 0.15) is 12.0 Å². The Kier molecular flexibility index (Phi) is 3.63. The molecule has 0 atom stereocenters. The van der Waals surface area contributed by atoms with Crippen LogP contribution in [-0.2, 0) is 6.42 Å². The number of hydrogen-bond acceptors (Lipinski definition) is 3. The number of anilines is 1. The standard InChI is InChI=1S/C20H17N4/c21-19-7-6-17-13-18(14-22-20(17)23-19)24-10-8-16(9-11-24)12-15-4-2-1-3-5-15/h1-11,13-14H,12H2,(H2,21,22,23)/q+1. The normalized spacial score (nSPS) is 10.8. The minimum atomic E-state index is 0.487. The molecular formula is C20H17N4+. The molecule has 3 heterocycles. The van der Waals surface area contributed by atoms with Gasteiger partial charge in [0.15, 0.2) is 18.0 Å². The Morgan fingerprint density at radius 1 is 0.875 bits per heavy atom. The number of nitrogens with zero attached hydrogens (tertiary/aromatic N) is 3. The summed E-state index contributed by atoms with van der Waals surface area (Å²) in [7, 11) is 0. The van der Waals surface area contributed by atoms with Crippen molar-refractivity contribution in [2.75, 3.05) is 5.73 Å². The third-order valence-electron chi connectivity index (χ3n) is 4.00. The quantitative estimate of drug-likeness (QED) is 0.591. The fourth-order valence-corrected chi connectivity index (χ4v) is 2.73. The largest absolute Gasteiger partial charge is 0.384 e. The molecule has 0 radical (unpaired) electrons. The van der Waals surface area contributed by atoms with Crippen LogP contribution in [0.4, 0.5) is 5.82 Å². The van der Waals surface area contributed by atoms with E-state index >= 15 is 0 Å². The first-order valence-corrected chi connectivity index (χ1v) is 7.85. The van der Waals surface area contributed by atoms with Gasteiger partial charge in [0.05, 0.1) is 0 Å². The maximum atomic E-state index is 5.70. The van der Waals surface area contributed by atoms with Crippen molar-refractivity contribution in [1.82, 2.24) is 9.97 Å². The zero-order valence-electron chi connectivity index (χ0n) is 13.1. The average molecular weight is 313 g/mol. The first-order valence-electron chi connectivity index (χ1n) is 7.85. The highest BCUT2D eigenvalue weighted by atomic mass is 15.0. The summed E-state index contributed by atoms with van der Waals surface area (Å²) in [5.41, 5.74) is 9.95. The monoisotopic (exact) mass is 313 g/mol. The van der Waals surface area contributed by atoms with E-state index < -0.39 is 0 Å². The fourth-order valence-electron chi connectivity index (χ4n) is 2.73. The lowest BCUT2D eigenvalue weighted by Crippen LogP contribution is -2.29. The molecule has 4 heteroatoms. The van der Waals surface area contributed by atoms with Gasteiger partial charge in [-0.25, -0.2) is 9.97 Å². The third-order valence-corrected chi connectivity index (χ3v) is 4.00. The van der Waals surface area contributed by atoms with Crippen LogP contribution >= 0.6 is 0 Å². The number of aromatic nitrogens is 3. The second-order valence-corrected chi connectivity index (χ2v) is 5.75. The van der Waals surface area contributed by atoms with Crippen molar-refractivity contribution in [2.45, 2.75) is 6.42 Å². The molecule has 0 aliphatic rings. The average Bonchev–Trinajstić information content (AvgIpc) is 2.63. The summed E-state index contributed by atoms with van der Waals surface area (Å²) < 4.78 is 2.05. The topological polar surface area (TPSA) is 55.7 Å². The minimum absolute atomic E-state index is 0.487. The first kappa shape index (κ1) is 14.3. The van der Waals surface area contributed by atoms with Gasteiger partial charge in [-0.15, -0.1) is 0 Å². The van der Waals surface area contributed by atoms with E-state index in [1.165, 1.54) is 11.1 Å². The number of fused-ring (bicyclic) bond motifs is 1. The van der Waals surface area contributed by atoms with Crippen molar-refractivity contribution in [2.24, 2.45) is 0 Å². The predicted octanol–water partition coefficient (Wildman–Crippen LogP) is 3.08. The summed E-state index contributed by atoms with van der Waals surface area (Å²) in [6, 6.07) is 20.5. The molecule has 4 rings (SSSR count). The van der Waals surface area contributed by atoms with E-state index in [1.807, 2.05) is 18.3 Å². The van der Waals surface area contributed by atoms with Crippen molar-refractivity contribution in [3.05, 3.63) is 90.4 Å². The lowest BCUT2D eigenvalue weighted by Gasteiger charge is -2.02. The number of rotatable bonds is 3. The van der Waals surface area contributed by atoms with E-state index in [0.29, 0.717) is 11.5 Å². The summed E-state index contributed by atoms with van der Waals surface area (Å²) >= 11 is 0. The second kappa shape index (κ2) is 6.08. The number of hydrogen-bond donors (Lipinski definition) is 1. The van der Waals surface area contributed by atoms with Crippen LogP contribution in [0.5, 0.6) is 0 Å². The zero-order valence-corrected chi connectivity index (χ0v) is 13.1. The smallest absolute Gasteiger partial charge is 0.229 e. The Labute approximate surface area is 140 Å². The summed E-state index contributed by atoms with van der Waals surface area (Å²) in [5.74, 6) is 0.487. The van der Waals surface area contributed by atoms with Gasteiger partial charge in [-0.05, 0) is 29.7 Å². The molecule has 116 valence electrons. The van der Waals surface area contributed by atoms with E-state index in [2.05, 4.69) is 69.4 Å². The zero-order chi connectivity index (χ0) is 16.4. The lowest BCUT2D eigenvalue weighted by molar-refractivity contribution is -0.595. The Morgan fingerprint density at radius 3 is 2.42 bits per heavy atom. The van der Waals surface area contributed by atoms with Crippen LogP contribution in [0.25, 0.3) is 16.7 Å². The number of nitrogen functional groups attached to an aromatic ring is 1.